The summed E-state index contributed by atoms with van der Waals surface area (Å²) in [5.74, 6) is -4.40. The third-order valence-electron chi connectivity index (χ3n) is 6.43. The quantitative estimate of drug-likeness (QED) is 0.504. The van der Waals surface area contributed by atoms with Crippen LogP contribution in [0.15, 0.2) is 41.5 Å². The zero-order valence-electron chi connectivity index (χ0n) is 18.3. The summed E-state index contributed by atoms with van der Waals surface area (Å²) in [6.07, 6.45) is 5.43. The van der Waals surface area contributed by atoms with Crippen LogP contribution in [-0.4, -0.2) is 47.3 Å². The number of rotatable bonds is 6. The van der Waals surface area contributed by atoms with Crippen molar-refractivity contribution in [3.63, 3.8) is 0 Å². The van der Waals surface area contributed by atoms with E-state index in [1.165, 1.54) is 12.1 Å². The number of allylic oxidation sites excluding steroid dienone is 4. The highest BCUT2D eigenvalue weighted by molar-refractivity contribution is 6.30. The Kier molecular flexibility index (Phi) is 7.53. The summed E-state index contributed by atoms with van der Waals surface area (Å²) in [7, 11) is 0. The lowest BCUT2D eigenvalue weighted by atomic mass is 9.85. The van der Waals surface area contributed by atoms with E-state index in [1.54, 1.807) is 28.9 Å². The molecule has 2 fully saturated rings. The maximum absolute atomic E-state index is 15.0. The van der Waals surface area contributed by atoms with Gasteiger partial charge in [0.05, 0.1) is 17.6 Å². The molecule has 1 aromatic carbocycles. The van der Waals surface area contributed by atoms with Crippen molar-refractivity contribution in [3.05, 3.63) is 57.9 Å². The molecule has 2 atom stereocenters. The first kappa shape index (κ1) is 23.9. The van der Waals surface area contributed by atoms with Gasteiger partial charge in [-0.1, -0.05) is 47.9 Å². The van der Waals surface area contributed by atoms with Gasteiger partial charge in [0.1, 0.15) is 5.82 Å². The van der Waals surface area contributed by atoms with Gasteiger partial charge in [-0.3, -0.25) is 9.69 Å². The molecular formula is C24H30ClF3N2O. The summed E-state index contributed by atoms with van der Waals surface area (Å²) in [5, 5.41) is 0.0316. The Morgan fingerprint density at radius 1 is 1.23 bits per heavy atom. The number of hydrogen-bond acceptors (Lipinski definition) is 2. The van der Waals surface area contributed by atoms with Crippen molar-refractivity contribution in [3.8, 4) is 0 Å². The van der Waals surface area contributed by atoms with Gasteiger partial charge in [-0.05, 0) is 57.4 Å². The molecule has 31 heavy (non-hydrogen) atoms. The van der Waals surface area contributed by atoms with Crippen LogP contribution in [0.2, 0.25) is 5.02 Å². The SMILES string of the molecule is CCC(C)=CC=C(C)C1CCN(C2CCN(Cc3ccc(Cl)c(F)c3)C2=O)CC1(F)F. The highest BCUT2D eigenvalue weighted by Crippen LogP contribution is 2.39. The fraction of sp³-hybridized carbons (Fsp3) is 0.542. The normalized spacial score (nSPS) is 25.4. The fourth-order valence-electron chi connectivity index (χ4n) is 4.38. The summed E-state index contributed by atoms with van der Waals surface area (Å²) < 4.78 is 43.7. The molecule has 0 radical (unpaired) electrons. The first-order chi connectivity index (χ1) is 14.6. The molecule has 2 saturated heterocycles. The molecule has 0 bridgehead atoms. The van der Waals surface area contributed by atoms with Crippen molar-refractivity contribution in [1.29, 1.82) is 0 Å². The van der Waals surface area contributed by atoms with Crippen molar-refractivity contribution in [2.24, 2.45) is 5.92 Å². The van der Waals surface area contributed by atoms with E-state index < -0.39 is 30.2 Å². The Hall–Kier alpha value is -1.79. The largest absolute Gasteiger partial charge is 0.337 e. The maximum Gasteiger partial charge on any atom is 0.267 e. The molecular weight excluding hydrogens is 425 g/mol. The lowest BCUT2D eigenvalue weighted by molar-refractivity contribution is -0.139. The van der Waals surface area contributed by atoms with Gasteiger partial charge >= 0.3 is 0 Å². The summed E-state index contributed by atoms with van der Waals surface area (Å²) >= 11 is 5.71. The van der Waals surface area contributed by atoms with Crippen molar-refractivity contribution in [2.75, 3.05) is 19.6 Å². The van der Waals surface area contributed by atoms with Gasteiger partial charge in [0, 0.05) is 19.0 Å². The van der Waals surface area contributed by atoms with E-state index in [0.29, 0.717) is 37.1 Å². The van der Waals surface area contributed by atoms with Crippen LogP contribution in [0.3, 0.4) is 0 Å². The summed E-state index contributed by atoms with van der Waals surface area (Å²) in [5.41, 5.74) is 2.47. The van der Waals surface area contributed by atoms with E-state index in [-0.39, 0.29) is 17.5 Å². The van der Waals surface area contributed by atoms with Crippen LogP contribution < -0.4 is 0 Å². The Morgan fingerprint density at radius 3 is 2.61 bits per heavy atom. The van der Waals surface area contributed by atoms with E-state index >= 15 is 8.78 Å². The van der Waals surface area contributed by atoms with Crippen LogP contribution >= 0.6 is 11.6 Å². The van der Waals surface area contributed by atoms with Gasteiger partial charge in [-0.2, -0.15) is 0 Å². The molecule has 7 heteroatoms. The van der Waals surface area contributed by atoms with E-state index in [4.69, 9.17) is 11.6 Å². The van der Waals surface area contributed by atoms with Crippen LogP contribution in [0.25, 0.3) is 0 Å². The third-order valence-corrected chi connectivity index (χ3v) is 6.74. The molecule has 0 spiro atoms. The van der Waals surface area contributed by atoms with E-state index in [1.807, 2.05) is 19.9 Å². The van der Waals surface area contributed by atoms with Gasteiger partial charge in [-0.15, -0.1) is 0 Å². The number of hydrogen-bond donors (Lipinski definition) is 0. The van der Waals surface area contributed by atoms with Gasteiger partial charge < -0.3 is 4.90 Å². The first-order valence-corrected chi connectivity index (χ1v) is 11.2. The average molecular weight is 455 g/mol. The smallest absolute Gasteiger partial charge is 0.267 e. The second kappa shape index (κ2) is 9.78. The van der Waals surface area contributed by atoms with Crippen LogP contribution in [-0.2, 0) is 11.3 Å². The predicted octanol–water partition coefficient (Wildman–Crippen LogP) is 5.84. The fourth-order valence-corrected chi connectivity index (χ4v) is 4.49. The number of alkyl halides is 2. The lowest BCUT2D eigenvalue weighted by Gasteiger charge is -2.41. The van der Waals surface area contributed by atoms with Gasteiger partial charge in [0.25, 0.3) is 5.92 Å². The van der Waals surface area contributed by atoms with Crippen LogP contribution in [0.4, 0.5) is 13.2 Å². The van der Waals surface area contributed by atoms with Crippen LogP contribution in [0, 0.1) is 11.7 Å². The van der Waals surface area contributed by atoms with E-state index in [0.717, 1.165) is 12.0 Å². The standard InChI is InChI=1S/C24H30ClF3N2O/c1-4-16(2)5-6-17(3)19-9-11-30(15-24(19,27)28)22-10-12-29(23(22)31)14-18-7-8-20(25)21(26)13-18/h5-8,13,19,22H,4,9-12,14-15H2,1-3H3. The maximum atomic E-state index is 15.0. The minimum absolute atomic E-state index is 0.0316. The highest BCUT2D eigenvalue weighted by atomic mass is 35.5. The Labute approximate surface area is 187 Å². The molecule has 2 heterocycles. The van der Waals surface area contributed by atoms with Crippen LogP contribution in [0.1, 0.15) is 45.6 Å². The molecule has 0 aromatic heterocycles. The molecule has 0 N–H and O–H groups in total. The number of halogens is 4. The van der Waals surface area contributed by atoms with Crippen molar-refractivity contribution >= 4 is 17.5 Å². The molecule has 2 aliphatic rings. The Bertz CT molecular complexity index is 884. The molecule has 1 amide bonds. The minimum atomic E-state index is -2.89. The molecule has 2 aliphatic heterocycles. The topological polar surface area (TPSA) is 23.6 Å². The van der Waals surface area contributed by atoms with E-state index in [9.17, 15) is 9.18 Å². The Morgan fingerprint density at radius 2 is 1.97 bits per heavy atom. The van der Waals surface area contributed by atoms with E-state index in [2.05, 4.69) is 0 Å². The minimum Gasteiger partial charge on any atom is -0.337 e. The number of piperidine rings is 1. The van der Waals surface area contributed by atoms with Gasteiger partial charge in [0.2, 0.25) is 5.91 Å². The van der Waals surface area contributed by atoms with Crippen molar-refractivity contribution < 1.29 is 18.0 Å². The number of carbonyl (C=O) groups is 1. The monoisotopic (exact) mass is 454 g/mol. The molecule has 3 rings (SSSR count). The summed E-state index contributed by atoms with van der Waals surface area (Å²) in [4.78, 5) is 16.1. The second-order valence-electron chi connectivity index (χ2n) is 8.66. The average Bonchev–Trinajstić information content (AvgIpc) is 3.08. The number of carbonyl (C=O) groups excluding carboxylic acids is 1. The number of benzene rings is 1. The molecule has 170 valence electrons. The molecule has 0 saturated carbocycles. The van der Waals surface area contributed by atoms with Crippen LogP contribution in [0.5, 0.6) is 0 Å². The highest BCUT2D eigenvalue weighted by Gasteiger charge is 2.49. The summed E-state index contributed by atoms with van der Waals surface area (Å²) in [6, 6.07) is 3.90. The third kappa shape index (κ3) is 5.53. The second-order valence-corrected chi connectivity index (χ2v) is 9.07. The molecule has 3 nitrogen and oxygen atoms in total. The van der Waals surface area contributed by atoms with Gasteiger partial charge in [0.15, 0.2) is 0 Å². The number of likely N-dealkylation sites (tertiary alicyclic amines) is 2. The van der Waals surface area contributed by atoms with Crippen molar-refractivity contribution in [2.45, 2.75) is 58.5 Å². The number of nitrogens with zero attached hydrogens (tertiary/aromatic N) is 2. The zero-order chi connectivity index (χ0) is 22.8. The Balaban J connectivity index is 1.64. The molecule has 1 aromatic rings. The predicted molar refractivity (Wildman–Crippen MR) is 118 cm³/mol. The number of amides is 1. The molecule has 0 aliphatic carbocycles. The summed E-state index contributed by atoms with van der Waals surface area (Å²) in [6.45, 7) is 6.55. The molecule has 2 unspecified atom stereocenters. The van der Waals surface area contributed by atoms with Gasteiger partial charge in [-0.25, -0.2) is 13.2 Å². The van der Waals surface area contributed by atoms with Crippen molar-refractivity contribution in [1.82, 2.24) is 9.80 Å². The zero-order valence-corrected chi connectivity index (χ0v) is 19.1. The lowest BCUT2D eigenvalue weighted by Crippen LogP contribution is -2.54. The first-order valence-electron chi connectivity index (χ1n) is 10.8.